The second kappa shape index (κ2) is 8.45. The van der Waals surface area contributed by atoms with Gasteiger partial charge in [0, 0.05) is 23.6 Å². The molecular weight excluding hydrogens is 331 g/mol. The molecule has 4 nitrogen and oxygen atoms in total. The third kappa shape index (κ3) is 5.35. The van der Waals surface area contributed by atoms with Crippen LogP contribution in [0.1, 0.15) is 28.8 Å². The van der Waals surface area contributed by atoms with Gasteiger partial charge in [-0.25, -0.2) is 4.39 Å². The summed E-state index contributed by atoms with van der Waals surface area (Å²) in [4.78, 5) is 23.7. The van der Waals surface area contributed by atoms with Gasteiger partial charge in [-0.05, 0) is 55.3 Å². The van der Waals surface area contributed by atoms with Crippen molar-refractivity contribution in [3.63, 3.8) is 0 Å². The van der Waals surface area contributed by atoms with Gasteiger partial charge < -0.3 is 10.6 Å². The van der Waals surface area contributed by atoms with Crippen molar-refractivity contribution in [3.05, 3.63) is 64.4 Å². The zero-order valence-corrected chi connectivity index (χ0v) is 14.0. The molecule has 0 aliphatic rings. The minimum Gasteiger partial charge on any atom is -0.352 e. The van der Waals surface area contributed by atoms with Gasteiger partial charge in [0.25, 0.3) is 5.91 Å². The van der Waals surface area contributed by atoms with Crippen LogP contribution in [0.15, 0.2) is 42.5 Å². The molecule has 6 heteroatoms. The summed E-state index contributed by atoms with van der Waals surface area (Å²) in [5.74, 6) is -0.984. The molecule has 2 rings (SSSR count). The molecule has 0 saturated carbocycles. The summed E-state index contributed by atoms with van der Waals surface area (Å²) >= 11 is 5.76. The van der Waals surface area contributed by atoms with Gasteiger partial charge in [0.15, 0.2) is 0 Å². The number of amides is 2. The third-order valence-electron chi connectivity index (χ3n) is 3.37. The maximum Gasteiger partial charge on any atom is 0.251 e. The van der Waals surface area contributed by atoms with E-state index < -0.39 is 5.82 Å². The molecule has 0 fully saturated rings. The average Bonchev–Trinajstić information content (AvgIpc) is 2.55. The summed E-state index contributed by atoms with van der Waals surface area (Å²) in [5, 5.41) is 5.82. The van der Waals surface area contributed by atoms with Crippen LogP contribution in [0.4, 0.5) is 10.1 Å². The molecule has 2 aromatic rings. The molecule has 126 valence electrons. The Bertz CT molecular complexity index is 732. The van der Waals surface area contributed by atoms with Crippen molar-refractivity contribution in [1.82, 2.24) is 5.32 Å². The molecule has 0 radical (unpaired) electrons. The summed E-state index contributed by atoms with van der Waals surface area (Å²) in [6, 6.07) is 11.1. The smallest absolute Gasteiger partial charge is 0.251 e. The first-order valence-electron chi connectivity index (χ1n) is 7.55. The first-order valence-corrected chi connectivity index (χ1v) is 7.93. The largest absolute Gasteiger partial charge is 0.352 e. The first kappa shape index (κ1) is 17.9. The Labute approximate surface area is 145 Å². The van der Waals surface area contributed by atoms with E-state index in [-0.39, 0.29) is 23.9 Å². The second-order valence-electron chi connectivity index (χ2n) is 5.40. The number of carbonyl (C=O) groups is 2. The molecule has 0 spiro atoms. The number of anilines is 1. The topological polar surface area (TPSA) is 58.2 Å². The van der Waals surface area contributed by atoms with E-state index in [4.69, 9.17) is 11.6 Å². The van der Waals surface area contributed by atoms with Crippen molar-refractivity contribution in [2.45, 2.75) is 19.8 Å². The van der Waals surface area contributed by atoms with Crippen LogP contribution < -0.4 is 10.6 Å². The van der Waals surface area contributed by atoms with E-state index in [2.05, 4.69) is 10.6 Å². The standard InChI is InChI=1S/C18H18ClFN2O2/c1-12-4-9-15(20)16(11-12)22-17(23)3-2-10-21-18(24)13-5-7-14(19)8-6-13/h4-9,11H,2-3,10H2,1H3,(H,21,24)(H,22,23). The number of halogens is 2. The lowest BCUT2D eigenvalue weighted by molar-refractivity contribution is -0.116. The third-order valence-corrected chi connectivity index (χ3v) is 3.62. The highest BCUT2D eigenvalue weighted by molar-refractivity contribution is 6.30. The van der Waals surface area contributed by atoms with Crippen LogP contribution in [-0.2, 0) is 4.79 Å². The van der Waals surface area contributed by atoms with Crippen molar-refractivity contribution in [3.8, 4) is 0 Å². The van der Waals surface area contributed by atoms with Crippen molar-refractivity contribution in [1.29, 1.82) is 0 Å². The molecular formula is C18H18ClFN2O2. The Morgan fingerprint density at radius 3 is 2.54 bits per heavy atom. The van der Waals surface area contributed by atoms with Crippen molar-refractivity contribution < 1.29 is 14.0 Å². The fourth-order valence-corrected chi connectivity index (χ4v) is 2.23. The summed E-state index contributed by atoms with van der Waals surface area (Å²) in [7, 11) is 0. The highest BCUT2D eigenvalue weighted by Gasteiger charge is 2.08. The van der Waals surface area contributed by atoms with Gasteiger partial charge in [-0.2, -0.15) is 0 Å². The molecule has 2 amide bonds. The summed E-state index contributed by atoms with van der Waals surface area (Å²) in [6.07, 6.45) is 0.646. The highest BCUT2D eigenvalue weighted by Crippen LogP contribution is 2.16. The number of carbonyl (C=O) groups excluding carboxylic acids is 2. The average molecular weight is 349 g/mol. The lowest BCUT2D eigenvalue weighted by Gasteiger charge is -2.08. The number of aryl methyl sites for hydroxylation is 1. The second-order valence-corrected chi connectivity index (χ2v) is 5.83. The van der Waals surface area contributed by atoms with Crippen LogP contribution in [0.2, 0.25) is 5.02 Å². The Morgan fingerprint density at radius 1 is 1.12 bits per heavy atom. The SMILES string of the molecule is Cc1ccc(F)c(NC(=O)CCCNC(=O)c2ccc(Cl)cc2)c1. The van der Waals surface area contributed by atoms with E-state index in [0.717, 1.165) is 5.56 Å². The van der Waals surface area contributed by atoms with Gasteiger partial charge in [-0.15, -0.1) is 0 Å². The fourth-order valence-electron chi connectivity index (χ4n) is 2.10. The molecule has 0 saturated heterocycles. The van der Waals surface area contributed by atoms with Crippen LogP contribution in [0.25, 0.3) is 0 Å². The predicted molar refractivity (Wildman–Crippen MR) is 92.8 cm³/mol. The molecule has 24 heavy (non-hydrogen) atoms. The number of benzene rings is 2. The van der Waals surface area contributed by atoms with Gasteiger partial charge >= 0.3 is 0 Å². The zero-order chi connectivity index (χ0) is 17.5. The summed E-state index contributed by atoms with van der Waals surface area (Å²) in [5.41, 5.74) is 1.54. The van der Waals surface area contributed by atoms with E-state index in [1.165, 1.54) is 6.07 Å². The molecule has 2 aromatic carbocycles. The lowest BCUT2D eigenvalue weighted by atomic mass is 10.2. The van der Waals surface area contributed by atoms with E-state index in [1.54, 1.807) is 36.4 Å². The van der Waals surface area contributed by atoms with E-state index in [9.17, 15) is 14.0 Å². The molecule has 0 atom stereocenters. The van der Waals surface area contributed by atoms with E-state index in [0.29, 0.717) is 23.6 Å². The van der Waals surface area contributed by atoms with E-state index >= 15 is 0 Å². The fraction of sp³-hybridized carbons (Fsp3) is 0.222. The quantitative estimate of drug-likeness (QED) is 0.777. The van der Waals surface area contributed by atoms with Crippen LogP contribution >= 0.6 is 11.6 Å². The lowest BCUT2D eigenvalue weighted by Crippen LogP contribution is -2.25. The maximum absolute atomic E-state index is 13.6. The monoisotopic (exact) mass is 348 g/mol. The van der Waals surface area contributed by atoms with Crippen molar-refractivity contribution in [2.75, 3.05) is 11.9 Å². The van der Waals surface area contributed by atoms with Crippen LogP contribution in [0.3, 0.4) is 0 Å². The molecule has 0 heterocycles. The summed E-state index contributed by atoms with van der Waals surface area (Å²) in [6.45, 7) is 2.17. The molecule has 0 aliphatic heterocycles. The number of hydrogen-bond donors (Lipinski definition) is 2. The summed E-state index contributed by atoms with van der Waals surface area (Å²) < 4.78 is 13.6. The van der Waals surface area contributed by atoms with E-state index in [1.807, 2.05) is 6.92 Å². The van der Waals surface area contributed by atoms with Gasteiger partial charge in [0.1, 0.15) is 5.82 Å². The minimum absolute atomic E-state index is 0.171. The zero-order valence-electron chi connectivity index (χ0n) is 13.2. The van der Waals surface area contributed by atoms with Crippen LogP contribution in [-0.4, -0.2) is 18.4 Å². The van der Waals surface area contributed by atoms with Gasteiger partial charge in [-0.3, -0.25) is 9.59 Å². The Morgan fingerprint density at radius 2 is 1.83 bits per heavy atom. The van der Waals surface area contributed by atoms with Gasteiger partial charge in [-0.1, -0.05) is 17.7 Å². The van der Waals surface area contributed by atoms with Crippen molar-refractivity contribution >= 4 is 29.1 Å². The Hall–Kier alpha value is -2.40. The van der Waals surface area contributed by atoms with Crippen LogP contribution in [0.5, 0.6) is 0 Å². The van der Waals surface area contributed by atoms with Gasteiger partial charge in [0.05, 0.1) is 5.69 Å². The molecule has 2 N–H and O–H groups in total. The predicted octanol–water partition coefficient (Wildman–Crippen LogP) is 3.94. The van der Waals surface area contributed by atoms with Crippen molar-refractivity contribution in [2.24, 2.45) is 0 Å². The Balaban J connectivity index is 1.73. The molecule has 0 aliphatic carbocycles. The number of nitrogens with one attached hydrogen (secondary N) is 2. The minimum atomic E-state index is -0.468. The first-order chi connectivity index (χ1) is 11.5. The molecule has 0 bridgehead atoms. The van der Waals surface area contributed by atoms with Gasteiger partial charge in [0.2, 0.25) is 5.91 Å². The Kier molecular flexibility index (Phi) is 6.32. The highest BCUT2D eigenvalue weighted by atomic mass is 35.5. The number of hydrogen-bond acceptors (Lipinski definition) is 2. The molecule has 0 aromatic heterocycles. The maximum atomic E-state index is 13.6. The normalized spacial score (nSPS) is 10.3. The number of rotatable bonds is 6. The molecule has 0 unspecified atom stereocenters. The van der Waals surface area contributed by atoms with Crippen LogP contribution in [0, 0.1) is 12.7 Å².